The molecule has 0 spiro atoms. The summed E-state index contributed by atoms with van der Waals surface area (Å²) in [6.07, 6.45) is 17.5. The van der Waals surface area contributed by atoms with Crippen molar-refractivity contribution in [2.45, 2.75) is 45.4 Å². The fourth-order valence-corrected chi connectivity index (χ4v) is 3.58. The van der Waals surface area contributed by atoms with E-state index in [-0.39, 0.29) is 0 Å². The van der Waals surface area contributed by atoms with Crippen molar-refractivity contribution in [3.8, 4) is 0 Å². The van der Waals surface area contributed by atoms with Crippen LogP contribution in [-0.2, 0) is 4.79 Å². The third kappa shape index (κ3) is 2.70. The van der Waals surface area contributed by atoms with Crippen LogP contribution in [0.5, 0.6) is 0 Å². The second-order valence-electron chi connectivity index (χ2n) is 5.50. The van der Waals surface area contributed by atoms with Crippen molar-refractivity contribution in [3.05, 3.63) is 24.3 Å². The number of carbonyl (C=O) groups excluding carboxylic acids is 1. The third-order valence-electron chi connectivity index (χ3n) is 4.52. The van der Waals surface area contributed by atoms with Gasteiger partial charge in [-0.15, -0.1) is 0 Å². The minimum atomic E-state index is 0.625. The van der Waals surface area contributed by atoms with Crippen molar-refractivity contribution in [2.75, 3.05) is 0 Å². The fourth-order valence-electron chi connectivity index (χ4n) is 3.58. The summed E-state index contributed by atoms with van der Waals surface area (Å²) in [5.41, 5.74) is 0. The van der Waals surface area contributed by atoms with Gasteiger partial charge in [0, 0.05) is 6.42 Å². The topological polar surface area (TPSA) is 17.1 Å². The molecule has 0 amide bonds. The average molecular weight is 232 g/mol. The minimum absolute atomic E-state index is 0.625. The maximum absolute atomic E-state index is 10.8. The van der Waals surface area contributed by atoms with Crippen molar-refractivity contribution in [1.29, 1.82) is 0 Å². The third-order valence-corrected chi connectivity index (χ3v) is 4.52. The second-order valence-corrected chi connectivity index (χ2v) is 5.50. The van der Waals surface area contributed by atoms with Gasteiger partial charge < -0.3 is 4.79 Å². The van der Waals surface area contributed by atoms with Gasteiger partial charge in [0.1, 0.15) is 6.29 Å². The lowest BCUT2D eigenvalue weighted by molar-refractivity contribution is -0.111. The molecule has 0 bridgehead atoms. The van der Waals surface area contributed by atoms with E-state index in [0.717, 1.165) is 24.5 Å². The van der Waals surface area contributed by atoms with Crippen LogP contribution in [0.2, 0.25) is 0 Å². The van der Waals surface area contributed by atoms with Gasteiger partial charge in [-0.25, -0.2) is 0 Å². The molecule has 0 aromatic carbocycles. The zero-order valence-corrected chi connectivity index (χ0v) is 10.8. The molecule has 2 aliphatic carbocycles. The van der Waals surface area contributed by atoms with E-state index in [0.29, 0.717) is 11.8 Å². The summed E-state index contributed by atoms with van der Waals surface area (Å²) in [4.78, 5) is 10.8. The molecule has 0 heterocycles. The largest absolute Gasteiger partial charge is 0.303 e. The smallest absolute Gasteiger partial charge is 0.120 e. The predicted octanol–water partition coefficient (Wildman–Crippen LogP) is 4.15. The molecule has 0 saturated heterocycles. The average Bonchev–Trinajstić information content (AvgIpc) is 2.36. The Morgan fingerprint density at radius 1 is 1.00 bits per heavy atom. The number of hydrogen-bond acceptors (Lipinski definition) is 1. The summed E-state index contributed by atoms with van der Waals surface area (Å²) in [5, 5.41) is 0. The van der Waals surface area contributed by atoms with E-state index in [9.17, 15) is 4.79 Å². The lowest BCUT2D eigenvalue weighted by atomic mass is 9.53. The molecular formula is C16H24O. The Bertz CT molecular complexity index is 303. The Morgan fingerprint density at radius 3 is 2.35 bits per heavy atom. The Labute approximate surface area is 105 Å². The highest BCUT2D eigenvalue weighted by Gasteiger charge is 2.46. The van der Waals surface area contributed by atoms with E-state index < -0.39 is 0 Å². The molecule has 1 saturated carbocycles. The van der Waals surface area contributed by atoms with Crippen LogP contribution in [0, 0.1) is 23.7 Å². The molecule has 0 N–H and O–H groups in total. The quantitative estimate of drug-likeness (QED) is 0.476. The number of carbonyl (C=O) groups is 1. The van der Waals surface area contributed by atoms with E-state index in [4.69, 9.17) is 0 Å². The van der Waals surface area contributed by atoms with Crippen molar-refractivity contribution in [1.82, 2.24) is 0 Å². The second kappa shape index (κ2) is 6.18. The molecule has 94 valence electrons. The predicted molar refractivity (Wildman–Crippen MR) is 71.7 cm³/mol. The van der Waals surface area contributed by atoms with Crippen molar-refractivity contribution in [2.24, 2.45) is 23.7 Å². The van der Waals surface area contributed by atoms with Gasteiger partial charge in [0.25, 0.3) is 0 Å². The summed E-state index contributed by atoms with van der Waals surface area (Å²) in [7, 11) is 0. The van der Waals surface area contributed by atoms with Gasteiger partial charge in [0.2, 0.25) is 0 Å². The van der Waals surface area contributed by atoms with Crippen LogP contribution in [-0.4, -0.2) is 6.29 Å². The van der Waals surface area contributed by atoms with Crippen molar-refractivity contribution >= 4 is 6.29 Å². The van der Waals surface area contributed by atoms with Crippen LogP contribution < -0.4 is 0 Å². The summed E-state index contributed by atoms with van der Waals surface area (Å²) >= 11 is 0. The molecule has 2 rings (SSSR count). The maximum Gasteiger partial charge on any atom is 0.120 e. The van der Waals surface area contributed by atoms with Gasteiger partial charge in [0.05, 0.1) is 0 Å². The first-order valence-electron chi connectivity index (χ1n) is 7.17. The van der Waals surface area contributed by atoms with Gasteiger partial charge in [-0.1, -0.05) is 56.9 Å². The minimum Gasteiger partial charge on any atom is -0.303 e. The number of rotatable bonds is 7. The van der Waals surface area contributed by atoms with Crippen LogP contribution in [0.3, 0.4) is 0 Å². The van der Waals surface area contributed by atoms with Crippen molar-refractivity contribution < 1.29 is 4.79 Å². The number of allylic oxidation sites excluding steroid dienone is 4. The van der Waals surface area contributed by atoms with E-state index >= 15 is 0 Å². The van der Waals surface area contributed by atoms with Crippen LogP contribution in [0.25, 0.3) is 0 Å². The highest BCUT2D eigenvalue weighted by molar-refractivity contribution is 5.51. The summed E-state index contributed by atoms with van der Waals surface area (Å²) in [6.45, 7) is 2.25. The molecule has 2 aliphatic rings. The van der Waals surface area contributed by atoms with Crippen LogP contribution in [0.15, 0.2) is 24.3 Å². The highest BCUT2D eigenvalue weighted by atomic mass is 16.1. The van der Waals surface area contributed by atoms with E-state index in [2.05, 4.69) is 31.2 Å². The van der Waals surface area contributed by atoms with Gasteiger partial charge >= 0.3 is 0 Å². The molecule has 0 radical (unpaired) electrons. The van der Waals surface area contributed by atoms with Gasteiger partial charge in [0.15, 0.2) is 0 Å². The van der Waals surface area contributed by atoms with E-state index in [1.165, 1.54) is 32.1 Å². The highest BCUT2D eigenvalue weighted by Crippen LogP contribution is 2.52. The van der Waals surface area contributed by atoms with Crippen LogP contribution in [0.4, 0.5) is 0 Å². The van der Waals surface area contributed by atoms with E-state index in [1.54, 1.807) is 0 Å². The SMILES string of the molecule is CCCCCC[C@@H]1[C@H]2C=CC=C[C@H]2[C@H]1CC=O. The lowest BCUT2D eigenvalue weighted by Crippen LogP contribution is -2.45. The molecule has 17 heavy (non-hydrogen) atoms. The van der Waals surface area contributed by atoms with Crippen LogP contribution in [0.1, 0.15) is 45.4 Å². The molecular weight excluding hydrogens is 208 g/mol. The molecule has 0 aromatic heterocycles. The number of unbranched alkanes of at least 4 members (excludes halogenated alkanes) is 3. The normalized spacial score (nSPS) is 34.2. The molecule has 0 unspecified atom stereocenters. The van der Waals surface area contributed by atoms with Gasteiger partial charge in [-0.05, 0) is 30.1 Å². The standard InChI is InChI=1S/C16H24O/c1-2-3-4-5-8-14-13-9-6-7-10-15(13)16(14)11-12-17/h6-7,9-10,12-16H,2-5,8,11H2,1H3/t13-,14-,15-,16+/m1/s1. The molecule has 1 nitrogen and oxygen atoms in total. The van der Waals surface area contributed by atoms with Crippen LogP contribution >= 0.6 is 0 Å². The summed E-state index contributed by atoms with van der Waals surface area (Å²) in [5.74, 6) is 2.77. The fraction of sp³-hybridized carbons (Fsp3) is 0.688. The number of aldehydes is 1. The zero-order valence-electron chi connectivity index (χ0n) is 10.8. The lowest BCUT2D eigenvalue weighted by Gasteiger charge is -2.51. The Balaban J connectivity index is 1.84. The summed E-state index contributed by atoms with van der Waals surface area (Å²) < 4.78 is 0. The van der Waals surface area contributed by atoms with Crippen molar-refractivity contribution in [3.63, 3.8) is 0 Å². The molecule has 0 aromatic rings. The van der Waals surface area contributed by atoms with Gasteiger partial charge in [-0.2, -0.15) is 0 Å². The number of fused-ring (bicyclic) bond motifs is 1. The maximum atomic E-state index is 10.8. The molecule has 1 fully saturated rings. The molecule has 0 aliphatic heterocycles. The molecule has 4 atom stereocenters. The Kier molecular flexibility index (Phi) is 4.58. The summed E-state index contributed by atoms with van der Waals surface area (Å²) in [6, 6.07) is 0. The first kappa shape index (κ1) is 12.6. The first-order valence-corrected chi connectivity index (χ1v) is 7.17. The monoisotopic (exact) mass is 232 g/mol. The van der Waals surface area contributed by atoms with Gasteiger partial charge in [-0.3, -0.25) is 0 Å². The van der Waals surface area contributed by atoms with E-state index in [1.807, 2.05) is 0 Å². The number of hydrogen-bond donors (Lipinski definition) is 0. The Morgan fingerprint density at radius 2 is 1.71 bits per heavy atom. The Hall–Kier alpha value is -0.850. The zero-order chi connectivity index (χ0) is 12.1. The molecule has 1 heteroatoms. The first-order chi connectivity index (χ1) is 8.38.